The van der Waals surface area contributed by atoms with Gasteiger partial charge in [0.2, 0.25) is 0 Å². The third kappa shape index (κ3) is 2.39. The van der Waals surface area contributed by atoms with Crippen molar-refractivity contribution in [1.29, 1.82) is 0 Å². The van der Waals surface area contributed by atoms with Crippen LogP contribution in [0.4, 0.5) is 10.1 Å². The summed E-state index contributed by atoms with van der Waals surface area (Å²) in [5.74, 6) is 0.223. The van der Waals surface area contributed by atoms with Crippen LogP contribution in [0.1, 0.15) is 5.56 Å². The Hall–Kier alpha value is -2.07. The van der Waals surface area contributed by atoms with Gasteiger partial charge in [0.25, 0.3) is 0 Å². The summed E-state index contributed by atoms with van der Waals surface area (Å²) in [5, 5.41) is 3.06. The van der Waals surface area contributed by atoms with Gasteiger partial charge in [-0.15, -0.1) is 11.3 Å². The second-order valence-corrected chi connectivity index (χ2v) is 5.14. The summed E-state index contributed by atoms with van der Waals surface area (Å²) in [5.41, 5.74) is 7.76. The largest absolute Gasteiger partial charge is 0.489 e. The molecule has 0 unspecified atom stereocenters. The first-order chi connectivity index (χ1) is 9.24. The highest BCUT2D eigenvalue weighted by molar-refractivity contribution is 7.17. The molecular weight excluding hydrogens is 261 g/mol. The van der Waals surface area contributed by atoms with E-state index in [0.29, 0.717) is 12.4 Å². The maximum Gasteiger partial charge on any atom is 0.126 e. The molecule has 0 bridgehead atoms. The van der Waals surface area contributed by atoms with Crippen molar-refractivity contribution in [3.63, 3.8) is 0 Å². The minimum atomic E-state index is -0.299. The Labute approximate surface area is 114 Å². The van der Waals surface area contributed by atoms with Crippen LogP contribution in [0.5, 0.6) is 5.75 Å². The first-order valence-electron chi connectivity index (χ1n) is 5.87. The average Bonchev–Trinajstić information content (AvgIpc) is 2.81. The number of hydrogen-bond acceptors (Lipinski definition) is 3. The smallest absolute Gasteiger partial charge is 0.126 e. The number of fused-ring (bicyclic) bond motifs is 1. The Morgan fingerprint density at radius 2 is 2.00 bits per heavy atom. The van der Waals surface area contributed by atoms with Crippen molar-refractivity contribution in [1.82, 2.24) is 0 Å². The second kappa shape index (κ2) is 4.90. The number of halogens is 1. The number of nitrogen functional groups attached to an aromatic ring is 1. The maximum absolute atomic E-state index is 13.1. The maximum atomic E-state index is 13.1. The number of benzene rings is 2. The zero-order chi connectivity index (χ0) is 13.2. The lowest BCUT2D eigenvalue weighted by molar-refractivity contribution is 0.306. The lowest BCUT2D eigenvalue weighted by Crippen LogP contribution is -1.96. The fraction of sp³-hybridized carbons (Fsp3) is 0.0667. The molecule has 0 radical (unpaired) electrons. The van der Waals surface area contributed by atoms with Gasteiger partial charge in [-0.05, 0) is 29.6 Å². The number of anilines is 1. The molecule has 2 nitrogen and oxygen atoms in total. The molecule has 19 heavy (non-hydrogen) atoms. The predicted molar refractivity (Wildman–Crippen MR) is 77.0 cm³/mol. The van der Waals surface area contributed by atoms with Crippen LogP contribution >= 0.6 is 11.3 Å². The van der Waals surface area contributed by atoms with E-state index in [1.807, 2.05) is 23.6 Å². The lowest BCUT2D eigenvalue weighted by atomic mass is 10.1. The molecule has 0 saturated carbocycles. The Bertz CT molecular complexity index is 723. The highest BCUT2D eigenvalue weighted by Gasteiger charge is 2.07. The van der Waals surface area contributed by atoms with Gasteiger partial charge in [-0.2, -0.15) is 0 Å². The van der Waals surface area contributed by atoms with Crippen LogP contribution in [0.15, 0.2) is 47.8 Å². The molecule has 96 valence electrons. The molecule has 0 aliphatic carbocycles. The van der Waals surface area contributed by atoms with Gasteiger partial charge < -0.3 is 10.5 Å². The van der Waals surface area contributed by atoms with Crippen molar-refractivity contribution in [2.24, 2.45) is 0 Å². The first kappa shape index (κ1) is 12.0. The van der Waals surface area contributed by atoms with Gasteiger partial charge in [-0.3, -0.25) is 0 Å². The molecule has 1 aromatic heterocycles. The van der Waals surface area contributed by atoms with Crippen molar-refractivity contribution in [2.75, 3.05) is 5.73 Å². The summed E-state index contributed by atoms with van der Waals surface area (Å²) in [6, 6.07) is 12.0. The zero-order valence-corrected chi connectivity index (χ0v) is 10.9. The molecule has 3 rings (SSSR count). The van der Waals surface area contributed by atoms with Crippen LogP contribution in [-0.4, -0.2) is 0 Å². The van der Waals surface area contributed by atoms with E-state index in [1.54, 1.807) is 23.5 Å². The molecule has 1 heterocycles. The minimum Gasteiger partial charge on any atom is -0.489 e. The fourth-order valence-electron chi connectivity index (χ4n) is 2.01. The van der Waals surface area contributed by atoms with Gasteiger partial charge in [0, 0.05) is 27.4 Å². The van der Waals surface area contributed by atoms with E-state index in [0.717, 1.165) is 21.3 Å². The molecule has 0 aliphatic rings. The van der Waals surface area contributed by atoms with Gasteiger partial charge >= 0.3 is 0 Å². The fourth-order valence-corrected chi connectivity index (χ4v) is 2.99. The highest BCUT2D eigenvalue weighted by atomic mass is 32.1. The normalized spacial score (nSPS) is 10.8. The Balaban J connectivity index is 1.86. The van der Waals surface area contributed by atoms with Crippen molar-refractivity contribution in [3.8, 4) is 5.75 Å². The Morgan fingerprint density at radius 1 is 1.16 bits per heavy atom. The lowest BCUT2D eigenvalue weighted by Gasteiger charge is -2.06. The Kier molecular flexibility index (Phi) is 3.09. The summed E-state index contributed by atoms with van der Waals surface area (Å²) in [7, 11) is 0. The van der Waals surface area contributed by atoms with Crippen LogP contribution in [0, 0.1) is 5.82 Å². The predicted octanol–water partition coefficient (Wildman–Crippen LogP) is 4.20. The molecule has 0 aliphatic heterocycles. The topological polar surface area (TPSA) is 35.2 Å². The molecule has 0 fully saturated rings. The molecule has 0 amide bonds. The molecule has 3 aromatic rings. The van der Waals surface area contributed by atoms with Gasteiger partial charge in [-0.25, -0.2) is 4.39 Å². The van der Waals surface area contributed by atoms with Crippen molar-refractivity contribution in [3.05, 3.63) is 59.2 Å². The summed E-state index contributed by atoms with van der Waals surface area (Å²) in [6.07, 6.45) is 0. The van der Waals surface area contributed by atoms with E-state index >= 15 is 0 Å². The van der Waals surface area contributed by atoms with Gasteiger partial charge in [0.15, 0.2) is 0 Å². The monoisotopic (exact) mass is 273 g/mol. The van der Waals surface area contributed by atoms with E-state index in [9.17, 15) is 4.39 Å². The first-order valence-corrected chi connectivity index (χ1v) is 6.75. The standard InChI is InChI=1S/C15H12FNOS/c16-11-3-1-4-12(7-11)18-8-10-9-19-14-6-2-5-13(17)15(10)14/h1-7,9H,8,17H2. The minimum absolute atomic E-state index is 0.299. The van der Waals surface area contributed by atoms with Crippen molar-refractivity contribution in [2.45, 2.75) is 6.61 Å². The van der Waals surface area contributed by atoms with Crippen LogP contribution in [0.2, 0.25) is 0 Å². The summed E-state index contributed by atoms with van der Waals surface area (Å²) < 4.78 is 19.8. The van der Waals surface area contributed by atoms with E-state index in [-0.39, 0.29) is 5.82 Å². The summed E-state index contributed by atoms with van der Waals surface area (Å²) in [4.78, 5) is 0. The molecule has 0 saturated heterocycles. The van der Waals surface area contributed by atoms with E-state index in [4.69, 9.17) is 10.5 Å². The number of rotatable bonds is 3. The van der Waals surface area contributed by atoms with E-state index < -0.39 is 0 Å². The third-order valence-corrected chi connectivity index (χ3v) is 3.89. The van der Waals surface area contributed by atoms with Crippen LogP contribution in [-0.2, 0) is 6.61 Å². The van der Waals surface area contributed by atoms with Crippen molar-refractivity contribution >= 4 is 27.1 Å². The van der Waals surface area contributed by atoms with Gasteiger partial charge in [0.05, 0.1) is 0 Å². The summed E-state index contributed by atoms with van der Waals surface area (Å²) >= 11 is 1.63. The molecule has 4 heteroatoms. The zero-order valence-electron chi connectivity index (χ0n) is 10.1. The van der Waals surface area contributed by atoms with Gasteiger partial charge in [0.1, 0.15) is 18.2 Å². The second-order valence-electron chi connectivity index (χ2n) is 4.23. The quantitative estimate of drug-likeness (QED) is 0.726. The summed E-state index contributed by atoms with van der Waals surface area (Å²) in [6.45, 7) is 0.387. The SMILES string of the molecule is Nc1cccc2scc(COc3cccc(F)c3)c12. The van der Waals surface area contributed by atoms with Crippen LogP contribution in [0.25, 0.3) is 10.1 Å². The molecule has 2 aromatic carbocycles. The number of nitrogens with two attached hydrogens (primary N) is 1. The van der Waals surface area contributed by atoms with Crippen LogP contribution in [0.3, 0.4) is 0 Å². The molecule has 2 N–H and O–H groups in total. The molecule has 0 atom stereocenters. The number of thiophene rings is 1. The molecular formula is C15H12FNOS. The number of ether oxygens (including phenoxy) is 1. The van der Waals surface area contributed by atoms with E-state index in [1.165, 1.54) is 12.1 Å². The molecule has 0 spiro atoms. The number of hydrogen-bond donors (Lipinski definition) is 1. The Morgan fingerprint density at radius 3 is 2.84 bits per heavy atom. The van der Waals surface area contributed by atoms with Crippen LogP contribution < -0.4 is 10.5 Å². The average molecular weight is 273 g/mol. The van der Waals surface area contributed by atoms with Gasteiger partial charge in [-0.1, -0.05) is 12.1 Å². The van der Waals surface area contributed by atoms with E-state index in [2.05, 4.69) is 0 Å². The third-order valence-electron chi connectivity index (χ3n) is 2.90. The highest BCUT2D eigenvalue weighted by Crippen LogP contribution is 2.31. The van der Waals surface area contributed by atoms with Crippen molar-refractivity contribution < 1.29 is 9.13 Å².